The van der Waals surface area contributed by atoms with Crippen molar-refractivity contribution in [3.8, 4) is 0 Å². The van der Waals surface area contributed by atoms with E-state index >= 15 is 0 Å². The molecule has 1 saturated heterocycles. The summed E-state index contributed by atoms with van der Waals surface area (Å²) in [5.41, 5.74) is 0.722. The maximum Gasteiger partial charge on any atom is 0.0102 e. The van der Waals surface area contributed by atoms with Crippen LogP contribution in [-0.2, 0) is 0 Å². The van der Waals surface area contributed by atoms with E-state index in [4.69, 9.17) is 0 Å². The average Bonchev–Trinajstić information content (AvgIpc) is 3.46. The van der Waals surface area contributed by atoms with Crippen LogP contribution in [0.25, 0.3) is 0 Å². The van der Waals surface area contributed by atoms with Crippen LogP contribution in [0.2, 0.25) is 0 Å². The molecule has 4 rings (SSSR count). The summed E-state index contributed by atoms with van der Waals surface area (Å²) in [6.45, 7) is 11.5. The fourth-order valence-electron chi connectivity index (χ4n) is 6.61. The van der Waals surface area contributed by atoms with E-state index in [-0.39, 0.29) is 0 Å². The molecule has 0 N–H and O–H groups in total. The summed E-state index contributed by atoms with van der Waals surface area (Å²) in [6, 6.07) is 2.59. The summed E-state index contributed by atoms with van der Waals surface area (Å²) in [6.07, 6.45) is 17.9. The molecular formula is C24H44N2. The number of nitrogens with zero attached hydrogens (tertiary/aromatic N) is 2. The largest absolute Gasteiger partial charge is 0.303 e. The van der Waals surface area contributed by atoms with Gasteiger partial charge in [0.1, 0.15) is 0 Å². The van der Waals surface area contributed by atoms with Gasteiger partial charge in [-0.25, -0.2) is 0 Å². The third-order valence-corrected chi connectivity index (χ3v) is 8.57. The second kappa shape index (κ2) is 8.11. The summed E-state index contributed by atoms with van der Waals surface area (Å²) in [5, 5.41) is 0. The first-order chi connectivity index (χ1) is 12.5. The Bertz CT molecular complexity index is 427. The molecule has 0 unspecified atom stereocenters. The zero-order valence-electron chi connectivity index (χ0n) is 17.9. The summed E-state index contributed by atoms with van der Waals surface area (Å²) < 4.78 is 0. The zero-order valence-corrected chi connectivity index (χ0v) is 17.9. The lowest BCUT2D eigenvalue weighted by Crippen LogP contribution is -2.48. The van der Waals surface area contributed by atoms with Crippen molar-refractivity contribution in [1.29, 1.82) is 0 Å². The summed E-state index contributed by atoms with van der Waals surface area (Å²) in [4.78, 5) is 5.73. The molecule has 3 aliphatic carbocycles. The van der Waals surface area contributed by atoms with Crippen molar-refractivity contribution in [3.63, 3.8) is 0 Å². The Morgan fingerprint density at radius 1 is 0.808 bits per heavy atom. The second-order valence-electron chi connectivity index (χ2n) is 10.9. The summed E-state index contributed by atoms with van der Waals surface area (Å²) in [7, 11) is 0. The molecule has 0 bridgehead atoms. The Morgan fingerprint density at radius 3 is 1.92 bits per heavy atom. The molecule has 150 valence electrons. The minimum atomic E-state index is 0.722. The van der Waals surface area contributed by atoms with Crippen molar-refractivity contribution in [1.82, 2.24) is 9.80 Å². The molecule has 1 aliphatic heterocycles. The van der Waals surface area contributed by atoms with Gasteiger partial charge < -0.3 is 4.90 Å². The van der Waals surface area contributed by atoms with Crippen LogP contribution in [0.15, 0.2) is 0 Å². The molecule has 0 aromatic rings. The molecule has 2 nitrogen and oxygen atoms in total. The topological polar surface area (TPSA) is 6.48 Å². The molecule has 1 heterocycles. The Balaban J connectivity index is 1.22. The van der Waals surface area contributed by atoms with Gasteiger partial charge in [-0.3, -0.25) is 4.90 Å². The highest BCUT2D eigenvalue weighted by molar-refractivity contribution is 4.97. The number of likely N-dealkylation sites (tertiary alicyclic amines) is 1. The zero-order chi connectivity index (χ0) is 18.1. The van der Waals surface area contributed by atoms with Crippen LogP contribution in [0.4, 0.5) is 0 Å². The maximum absolute atomic E-state index is 2.89. The lowest BCUT2D eigenvalue weighted by atomic mass is 9.66. The molecule has 3 saturated carbocycles. The molecule has 0 atom stereocenters. The molecule has 0 aromatic heterocycles. The van der Waals surface area contributed by atoms with E-state index in [0.29, 0.717) is 0 Å². The molecule has 0 radical (unpaired) electrons. The normalized spacial score (nSPS) is 34.0. The standard InChI is InChI=1S/C24H44N2/c1-19(2)26(22-8-9-22)23-10-12-24(13-11-23)14-16-25(17-15-24)18-21-6-4-20(3)5-7-21/h19-23H,4-18H2,1-3H3. The first-order valence-corrected chi connectivity index (χ1v) is 12.0. The SMILES string of the molecule is CC1CCC(CN2CCC3(CCC(N(C(C)C)C4CC4)CC3)CC2)CC1. The molecule has 2 heteroatoms. The van der Waals surface area contributed by atoms with Gasteiger partial charge in [0, 0.05) is 24.7 Å². The quantitative estimate of drug-likeness (QED) is 0.619. The predicted octanol–water partition coefficient (Wildman–Crippen LogP) is 5.71. The molecule has 0 aromatic carbocycles. The molecule has 4 fully saturated rings. The van der Waals surface area contributed by atoms with Crippen molar-refractivity contribution < 1.29 is 0 Å². The second-order valence-corrected chi connectivity index (χ2v) is 10.9. The molecule has 4 aliphatic rings. The summed E-state index contributed by atoms with van der Waals surface area (Å²) in [5.74, 6) is 2.00. The fourth-order valence-corrected chi connectivity index (χ4v) is 6.61. The van der Waals surface area contributed by atoms with Crippen molar-refractivity contribution in [2.45, 2.75) is 116 Å². The van der Waals surface area contributed by atoms with Crippen LogP contribution in [0, 0.1) is 17.3 Å². The highest BCUT2D eigenvalue weighted by Crippen LogP contribution is 2.47. The Hall–Kier alpha value is -0.0800. The lowest BCUT2D eigenvalue weighted by Gasteiger charge is -2.49. The van der Waals surface area contributed by atoms with Crippen LogP contribution in [0.5, 0.6) is 0 Å². The van der Waals surface area contributed by atoms with Crippen LogP contribution < -0.4 is 0 Å². The average molecular weight is 361 g/mol. The van der Waals surface area contributed by atoms with Gasteiger partial charge in [-0.15, -0.1) is 0 Å². The third kappa shape index (κ3) is 4.49. The number of hydrogen-bond acceptors (Lipinski definition) is 2. The Labute approximate surface area is 163 Å². The minimum Gasteiger partial charge on any atom is -0.303 e. The molecule has 1 spiro atoms. The highest BCUT2D eigenvalue weighted by Gasteiger charge is 2.42. The van der Waals surface area contributed by atoms with Gasteiger partial charge in [0.2, 0.25) is 0 Å². The maximum atomic E-state index is 2.89. The van der Waals surface area contributed by atoms with E-state index in [2.05, 4.69) is 30.6 Å². The minimum absolute atomic E-state index is 0.722. The van der Waals surface area contributed by atoms with Crippen molar-refractivity contribution >= 4 is 0 Å². The van der Waals surface area contributed by atoms with Gasteiger partial charge in [0.05, 0.1) is 0 Å². The van der Waals surface area contributed by atoms with Gasteiger partial charge in [-0.05, 0) is 108 Å². The Morgan fingerprint density at radius 2 is 1.38 bits per heavy atom. The van der Waals surface area contributed by atoms with Crippen molar-refractivity contribution in [2.75, 3.05) is 19.6 Å². The van der Waals surface area contributed by atoms with E-state index in [9.17, 15) is 0 Å². The Kier molecular flexibility index (Phi) is 6.01. The van der Waals surface area contributed by atoms with Crippen LogP contribution in [-0.4, -0.2) is 47.6 Å². The van der Waals surface area contributed by atoms with Crippen LogP contribution in [0.3, 0.4) is 0 Å². The van der Waals surface area contributed by atoms with E-state index in [1.165, 1.54) is 96.7 Å². The number of piperidine rings is 1. The van der Waals surface area contributed by atoms with Crippen molar-refractivity contribution in [2.24, 2.45) is 17.3 Å². The first kappa shape index (κ1) is 19.2. The smallest absolute Gasteiger partial charge is 0.0102 e. The highest BCUT2D eigenvalue weighted by atomic mass is 15.2. The molecule has 26 heavy (non-hydrogen) atoms. The van der Waals surface area contributed by atoms with E-state index in [1.807, 2.05) is 0 Å². The van der Waals surface area contributed by atoms with E-state index in [1.54, 1.807) is 0 Å². The van der Waals surface area contributed by atoms with E-state index < -0.39 is 0 Å². The fraction of sp³-hybridized carbons (Fsp3) is 1.00. The van der Waals surface area contributed by atoms with E-state index in [0.717, 1.165) is 35.4 Å². The summed E-state index contributed by atoms with van der Waals surface area (Å²) >= 11 is 0. The van der Waals surface area contributed by atoms with Crippen LogP contribution >= 0.6 is 0 Å². The molecular weight excluding hydrogens is 316 g/mol. The first-order valence-electron chi connectivity index (χ1n) is 12.0. The monoisotopic (exact) mass is 360 g/mol. The molecule has 0 amide bonds. The van der Waals surface area contributed by atoms with Gasteiger partial charge in [0.25, 0.3) is 0 Å². The van der Waals surface area contributed by atoms with Gasteiger partial charge in [-0.1, -0.05) is 19.8 Å². The lowest BCUT2D eigenvalue weighted by molar-refractivity contribution is 0.0156. The van der Waals surface area contributed by atoms with Crippen LogP contribution in [0.1, 0.15) is 97.8 Å². The third-order valence-electron chi connectivity index (χ3n) is 8.57. The van der Waals surface area contributed by atoms with Gasteiger partial charge in [0.15, 0.2) is 0 Å². The van der Waals surface area contributed by atoms with Crippen molar-refractivity contribution in [3.05, 3.63) is 0 Å². The number of rotatable bonds is 5. The number of hydrogen-bond donors (Lipinski definition) is 0. The van der Waals surface area contributed by atoms with Gasteiger partial charge in [-0.2, -0.15) is 0 Å². The predicted molar refractivity (Wildman–Crippen MR) is 111 cm³/mol. The van der Waals surface area contributed by atoms with Gasteiger partial charge >= 0.3 is 0 Å².